The first-order valence-electron chi connectivity index (χ1n) is 4.61. The minimum atomic E-state index is -0.562. The molecule has 0 amide bonds. The second kappa shape index (κ2) is 3.01. The van der Waals surface area contributed by atoms with Gasteiger partial charge in [-0.15, -0.1) is 0 Å². The Morgan fingerprint density at radius 1 is 1.64 bits per heavy atom. The van der Waals surface area contributed by atoms with Crippen molar-refractivity contribution >= 4 is 0 Å². The molecule has 2 rings (SSSR count). The van der Waals surface area contributed by atoms with E-state index in [2.05, 4.69) is 11.9 Å². The largest absolute Gasteiger partial charge is 0.494 e. The number of hydrogen-bond donors (Lipinski definition) is 2. The predicted octanol–water partition coefficient (Wildman–Crippen LogP) is -0.102. The lowest BCUT2D eigenvalue weighted by atomic mass is 10.3. The molecule has 1 aliphatic carbocycles. The molecule has 76 valence electrons. The first-order valence-corrected chi connectivity index (χ1v) is 4.61. The van der Waals surface area contributed by atoms with Crippen LogP contribution in [0.4, 0.5) is 0 Å². The number of H-pyrrole nitrogens is 1. The molecule has 0 spiro atoms. The summed E-state index contributed by atoms with van der Waals surface area (Å²) in [5.74, 6) is 0.801. The molecule has 0 bridgehead atoms. The molecule has 14 heavy (non-hydrogen) atoms. The van der Waals surface area contributed by atoms with Gasteiger partial charge in [0, 0.05) is 6.54 Å². The Kier molecular flexibility index (Phi) is 1.94. The molecule has 1 fully saturated rings. The third-order valence-corrected chi connectivity index (χ3v) is 2.71. The van der Waals surface area contributed by atoms with Crippen molar-refractivity contribution in [2.24, 2.45) is 11.8 Å². The van der Waals surface area contributed by atoms with E-state index in [0.29, 0.717) is 18.4 Å². The number of nitrogens with zero attached hydrogens (tertiary/aromatic N) is 1. The van der Waals surface area contributed by atoms with Crippen molar-refractivity contribution in [3.8, 4) is 5.88 Å². The van der Waals surface area contributed by atoms with E-state index < -0.39 is 11.2 Å². The second-order valence-electron chi connectivity index (χ2n) is 3.88. The SMILES string of the molecule is CC1CC1Cn1c(O)cc(=O)[nH]c1=O. The fraction of sp³-hybridized carbons (Fsp3) is 0.556. The van der Waals surface area contributed by atoms with Crippen LogP contribution in [0, 0.1) is 11.8 Å². The quantitative estimate of drug-likeness (QED) is 0.693. The summed E-state index contributed by atoms with van der Waals surface area (Å²) in [4.78, 5) is 24.2. The average Bonchev–Trinajstić information content (AvgIpc) is 2.74. The summed E-state index contributed by atoms with van der Waals surface area (Å²) >= 11 is 0. The van der Waals surface area contributed by atoms with Gasteiger partial charge in [-0.1, -0.05) is 6.92 Å². The van der Waals surface area contributed by atoms with Crippen molar-refractivity contribution in [2.45, 2.75) is 19.9 Å². The van der Waals surface area contributed by atoms with E-state index in [9.17, 15) is 14.7 Å². The van der Waals surface area contributed by atoms with E-state index in [1.165, 1.54) is 4.57 Å². The maximum atomic E-state index is 11.3. The lowest BCUT2D eigenvalue weighted by Gasteiger charge is -2.05. The summed E-state index contributed by atoms with van der Waals surface area (Å²) in [5.41, 5.74) is -1.10. The maximum absolute atomic E-state index is 11.3. The van der Waals surface area contributed by atoms with Crippen LogP contribution in [0.5, 0.6) is 5.88 Å². The molecule has 1 aromatic heterocycles. The van der Waals surface area contributed by atoms with E-state index in [4.69, 9.17) is 0 Å². The van der Waals surface area contributed by atoms with Gasteiger partial charge in [0.1, 0.15) is 0 Å². The lowest BCUT2D eigenvalue weighted by Crippen LogP contribution is -2.29. The van der Waals surface area contributed by atoms with Gasteiger partial charge in [0.15, 0.2) is 0 Å². The van der Waals surface area contributed by atoms with Crippen LogP contribution in [0.2, 0.25) is 0 Å². The summed E-state index contributed by atoms with van der Waals surface area (Å²) in [5, 5.41) is 9.38. The van der Waals surface area contributed by atoms with Gasteiger partial charge in [-0.3, -0.25) is 14.3 Å². The zero-order chi connectivity index (χ0) is 10.3. The molecule has 1 saturated carbocycles. The van der Waals surface area contributed by atoms with E-state index in [1.807, 2.05) is 0 Å². The van der Waals surface area contributed by atoms with Gasteiger partial charge < -0.3 is 5.11 Å². The average molecular weight is 196 g/mol. The highest BCUT2D eigenvalue weighted by Gasteiger charge is 2.33. The lowest BCUT2D eigenvalue weighted by molar-refractivity contribution is 0.389. The molecular weight excluding hydrogens is 184 g/mol. The van der Waals surface area contributed by atoms with Crippen molar-refractivity contribution in [3.05, 3.63) is 26.9 Å². The van der Waals surface area contributed by atoms with Crippen LogP contribution < -0.4 is 11.2 Å². The van der Waals surface area contributed by atoms with Crippen molar-refractivity contribution in [1.82, 2.24) is 9.55 Å². The van der Waals surface area contributed by atoms with Gasteiger partial charge in [0.2, 0.25) is 5.88 Å². The molecule has 5 heteroatoms. The highest BCUT2D eigenvalue weighted by Crippen LogP contribution is 2.39. The van der Waals surface area contributed by atoms with Gasteiger partial charge in [-0.05, 0) is 18.3 Å². The standard InChI is InChI=1S/C9H12N2O3/c1-5-2-6(5)4-11-8(13)3-7(12)10-9(11)14/h3,5-6,13H,2,4H2,1H3,(H,10,12,14). The van der Waals surface area contributed by atoms with Crippen LogP contribution >= 0.6 is 0 Å². The summed E-state index contributed by atoms with van der Waals surface area (Å²) in [6, 6.07) is 1.02. The van der Waals surface area contributed by atoms with Crippen LogP contribution in [-0.2, 0) is 6.54 Å². The Bertz CT molecular complexity index is 460. The summed E-state index contributed by atoms with van der Waals surface area (Å²) in [7, 11) is 0. The second-order valence-corrected chi connectivity index (χ2v) is 3.88. The number of aromatic hydroxyl groups is 1. The molecule has 0 aromatic carbocycles. The summed E-state index contributed by atoms with van der Waals surface area (Å²) < 4.78 is 1.20. The van der Waals surface area contributed by atoms with Gasteiger partial charge in [0.25, 0.3) is 5.56 Å². The van der Waals surface area contributed by atoms with Crippen LogP contribution in [-0.4, -0.2) is 14.7 Å². The highest BCUT2D eigenvalue weighted by atomic mass is 16.3. The topological polar surface area (TPSA) is 75.1 Å². The molecule has 1 aromatic rings. The fourth-order valence-electron chi connectivity index (χ4n) is 1.57. The van der Waals surface area contributed by atoms with Crippen molar-refractivity contribution in [1.29, 1.82) is 0 Å². The molecule has 5 nitrogen and oxygen atoms in total. The molecule has 2 unspecified atom stereocenters. The maximum Gasteiger partial charge on any atom is 0.331 e. The Morgan fingerprint density at radius 3 is 2.79 bits per heavy atom. The van der Waals surface area contributed by atoms with Crippen molar-refractivity contribution < 1.29 is 5.11 Å². The first kappa shape index (κ1) is 9.05. The molecule has 2 atom stereocenters. The van der Waals surface area contributed by atoms with Gasteiger partial charge >= 0.3 is 5.69 Å². The Labute approximate surface area is 80.0 Å². The molecular formula is C9H12N2O3. The molecule has 1 heterocycles. The number of rotatable bonds is 2. The molecule has 1 aliphatic rings. The number of aromatic amines is 1. The number of hydrogen-bond acceptors (Lipinski definition) is 3. The monoisotopic (exact) mass is 196 g/mol. The normalized spacial score (nSPS) is 24.9. The summed E-state index contributed by atoms with van der Waals surface area (Å²) in [6.45, 7) is 2.58. The first-order chi connectivity index (χ1) is 6.58. The van der Waals surface area contributed by atoms with Crippen molar-refractivity contribution in [3.63, 3.8) is 0 Å². The van der Waals surface area contributed by atoms with Crippen molar-refractivity contribution in [2.75, 3.05) is 0 Å². The van der Waals surface area contributed by atoms with E-state index in [1.54, 1.807) is 0 Å². The van der Waals surface area contributed by atoms with E-state index in [0.717, 1.165) is 12.5 Å². The van der Waals surface area contributed by atoms with E-state index in [-0.39, 0.29) is 5.88 Å². The van der Waals surface area contributed by atoms with Gasteiger partial charge in [0.05, 0.1) is 6.07 Å². The number of nitrogens with one attached hydrogen (secondary N) is 1. The Hall–Kier alpha value is -1.52. The predicted molar refractivity (Wildman–Crippen MR) is 50.3 cm³/mol. The zero-order valence-corrected chi connectivity index (χ0v) is 7.86. The fourth-order valence-corrected chi connectivity index (χ4v) is 1.57. The van der Waals surface area contributed by atoms with Crippen LogP contribution in [0.1, 0.15) is 13.3 Å². The number of aromatic nitrogens is 2. The van der Waals surface area contributed by atoms with E-state index >= 15 is 0 Å². The summed E-state index contributed by atoms with van der Waals surface area (Å²) in [6.07, 6.45) is 1.07. The highest BCUT2D eigenvalue weighted by molar-refractivity contribution is 5.06. The zero-order valence-electron chi connectivity index (χ0n) is 7.86. The third kappa shape index (κ3) is 1.57. The smallest absolute Gasteiger partial charge is 0.331 e. The van der Waals surface area contributed by atoms with Crippen LogP contribution in [0.25, 0.3) is 0 Å². The molecule has 2 N–H and O–H groups in total. The Balaban J connectivity index is 2.33. The van der Waals surface area contributed by atoms with Crippen LogP contribution in [0.3, 0.4) is 0 Å². The third-order valence-electron chi connectivity index (χ3n) is 2.71. The minimum absolute atomic E-state index is 0.252. The van der Waals surface area contributed by atoms with Crippen LogP contribution in [0.15, 0.2) is 15.7 Å². The minimum Gasteiger partial charge on any atom is -0.494 e. The molecule has 0 radical (unpaired) electrons. The molecule has 0 saturated heterocycles. The molecule has 0 aliphatic heterocycles. The van der Waals surface area contributed by atoms with Gasteiger partial charge in [-0.2, -0.15) is 0 Å². The Morgan fingerprint density at radius 2 is 2.29 bits per heavy atom. The van der Waals surface area contributed by atoms with Gasteiger partial charge in [-0.25, -0.2) is 4.79 Å².